The Bertz CT molecular complexity index is 628. The van der Waals surface area contributed by atoms with Crippen LogP contribution in [0.2, 0.25) is 5.02 Å². The lowest BCUT2D eigenvalue weighted by atomic mass is 10.1. The van der Waals surface area contributed by atoms with Gasteiger partial charge < -0.3 is 10.4 Å². The summed E-state index contributed by atoms with van der Waals surface area (Å²) < 4.78 is 1.50. The van der Waals surface area contributed by atoms with Gasteiger partial charge in [0.1, 0.15) is 0 Å². The first-order chi connectivity index (χ1) is 9.58. The molecule has 1 heterocycles. The lowest BCUT2D eigenvalue weighted by Gasteiger charge is -2.10. The molecule has 0 saturated heterocycles. The van der Waals surface area contributed by atoms with Crippen LogP contribution in [0.15, 0.2) is 30.6 Å². The molecule has 0 aliphatic rings. The van der Waals surface area contributed by atoms with Crippen molar-refractivity contribution in [3.8, 4) is 0 Å². The summed E-state index contributed by atoms with van der Waals surface area (Å²) in [6.45, 7) is 0.346. The van der Waals surface area contributed by atoms with Gasteiger partial charge in [-0.15, -0.1) is 5.10 Å². The van der Waals surface area contributed by atoms with Crippen LogP contribution in [0, 0.1) is 0 Å². The Morgan fingerprint density at radius 2 is 2.20 bits per heavy atom. The highest BCUT2D eigenvalue weighted by atomic mass is 35.5. The van der Waals surface area contributed by atoms with Gasteiger partial charge in [-0.25, -0.2) is 4.79 Å². The van der Waals surface area contributed by atoms with Crippen molar-refractivity contribution in [1.82, 2.24) is 15.0 Å². The van der Waals surface area contributed by atoms with E-state index in [9.17, 15) is 9.59 Å². The molecule has 20 heavy (non-hydrogen) atoms. The van der Waals surface area contributed by atoms with Crippen LogP contribution in [0.5, 0.6) is 0 Å². The Labute approximate surface area is 119 Å². The number of aryl methyl sites for hydroxylation is 1. The van der Waals surface area contributed by atoms with Crippen LogP contribution < -0.4 is 5.32 Å². The number of carboxylic acids is 1. The summed E-state index contributed by atoms with van der Waals surface area (Å²) in [5, 5.41) is 19.1. The minimum atomic E-state index is -1.15. The average Bonchev–Trinajstić information content (AvgIpc) is 2.91. The summed E-state index contributed by atoms with van der Waals surface area (Å²) in [5.74, 6) is -1.50. The molecule has 0 aliphatic carbocycles. The number of para-hydroxylation sites is 1. The van der Waals surface area contributed by atoms with Crippen LogP contribution in [0.3, 0.4) is 0 Å². The number of rotatable bonds is 5. The third-order valence-corrected chi connectivity index (χ3v) is 2.86. The number of benzene rings is 1. The normalized spacial score (nSPS) is 10.2. The van der Waals surface area contributed by atoms with Crippen molar-refractivity contribution in [2.75, 3.05) is 5.32 Å². The van der Waals surface area contributed by atoms with Gasteiger partial charge in [0.05, 0.1) is 29.0 Å². The summed E-state index contributed by atoms with van der Waals surface area (Å²) in [6.07, 6.45) is 3.27. The molecule has 8 heteroatoms. The van der Waals surface area contributed by atoms with E-state index >= 15 is 0 Å². The van der Waals surface area contributed by atoms with E-state index < -0.39 is 5.97 Å². The maximum absolute atomic E-state index is 11.8. The van der Waals surface area contributed by atoms with Gasteiger partial charge in [-0.1, -0.05) is 22.9 Å². The van der Waals surface area contributed by atoms with E-state index in [1.165, 1.54) is 29.1 Å². The Morgan fingerprint density at radius 1 is 1.40 bits per heavy atom. The first-order valence-electron chi connectivity index (χ1n) is 5.73. The minimum absolute atomic E-state index is 0.0494. The summed E-state index contributed by atoms with van der Waals surface area (Å²) in [4.78, 5) is 22.9. The van der Waals surface area contributed by atoms with Gasteiger partial charge in [0.15, 0.2) is 0 Å². The van der Waals surface area contributed by atoms with Gasteiger partial charge in [-0.05, 0) is 12.1 Å². The highest BCUT2D eigenvalue weighted by Gasteiger charge is 2.15. The van der Waals surface area contributed by atoms with Crippen molar-refractivity contribution in [2.24, 2.45) is 0 Å². The zero-order chi connectivity index (χ0) is 14.5. The molecule has 0 spiro atoms. The predicted molar refractivity (Wildman–Crippen MR) is 71.7 cm³/mol. The largest absolute Gasteiger partial charge is 0.478 e. The molecular formula is C12H11ClN4O3. The molecule has 1 amide bonds. The topological polar surface area (TPSA) is 97.1 Å². The Hall–Kier alpha value is -2.41. The van der Waals surface area contributed by atoms with E-state index in [0.717, 1.165) is 0 Å². The molecule has 0 aliphatic heterocycles. The number of hydrogen-bond donors (Lipinski definition) is 2. The third-order valence-electron chi connectivity index (χ3n) is 2.55. The van der Waals surface area contributed by atoms with Crippen LogP contribution in [0.1, 0.15) is 16.8 Å². The van der Waals surface area contributed by atoms with Crippen molar-refractivity contribution in [1.29, 1.82) is 0 Å². The molecule has 2 aromatic rings. The lowest BCUT2D eigenvalue weighted by molar-refractivity contribution is -0.116. The summed E-state index contributed by atoms with van der Waals surface area (Å²) in [6, 6.07) is 4.40. The van der Waals surface area contributed by atoms with Crippen LogP contribution in [-0.4, -0.2) is 32.0 Å². The highest BCUT2D eigenvalue weighted by molar-refractivity contribution is 6.34. The third kappa shape index (κ3) is 3.33. The van der Waals surface area contributed by atoms with Gasteiger partial charge in [0.2, 0.25) is 5.91 Å². The van der Waals surface area contributed by atoms with Gasteiger partial charge in [-0.3, -0.25) is 9.48 Å². The minimum Gasteiger partial charge on any atom is -0.478 e. The molecule has 104 valence electrons. The van der Waals surface area contributed by atoms with E-state index in [-0.39, 0.29) is 28.6 Å². The van der Waals surface area contributed by atoms with Crippen molar-refractivity contribution in [3.63, 3.8) is 0 Å². The fourth-order valence-corrected chi connectivity index (χ4v) is 1.82. The second kappa shape index (κ2) is 6.16. The standard InChI is InChI=1S/C12H11ClN4O3/c13-9-3-1-2-8(12(19)20)11(9)15-10(18)4-6-17-7-5-14-16-17/h1-3,5,7H,4,6H2,(H,15,18)(H,19,20). The van der Waals surface area contributed by atoms with E-state index in [1.807, 2.05) is 0 Å². The number of amides is 1. The number of carboxylic acid groups (broad SMARTS) is 1. The van der Waals surface area contributed by atoms with Gasteiger partial charge in [0, 0.05) is 12.6 Å². The Morgan fingerprint density at radius 3 is 2.85 bits per heavy atom. The highest BCUT2D eigenvalue weighted by Crippen LogP contribution is 2.26. The summed E-state index contributed by atoms with van der Waals surface area (Å²) >= 11 is 5.91. The van der Waals surface area contributed by atoms with E-state index in [0.29, 0.717) is 6.54 Å². The van der Waals surface area contributed by atoms with Gasteiger partial charge >= 0.3 is 5.97 Å². The number of halogens is 1. The number of carbonyl (C=O) groups is 2. The molecule has 0 radical (unpaired) electrons. The molecule has 7 nitrogen and oxygen atoms in total. The van der Waals surface area contributed by atoms with Crippen molar-refractivity contribution < 1.29 is 14.7 Å². The number of nitrogens with one attached hydrogen (secondary N) is 1. The molecule has 0 bridgehead atoms. The van der Waals surface area contributed by atoms with Crippen molar-refractivity contribution >= 4 is 29.2 Å². The maximum Gasteiger partial charge on any atom is 0.337 e. The second-order valence-electron chi connectivity index (χ2n) is 3.93. The summed E-state index contributed by atoms with van der Waals surface area (Å²) in [7, 11) is 0. The van der Waals surface area contributed by atoms with Crippen molar-refractivity contribution in [2.45, 2.75) is 13.0 Å². The van der Waals surface area contributed by atoms with E-state index in [4.69, 9.17) is 16.7 Å². The van der Waals surface area contributed by atoms with Crippen LogP contribution in [0.4, 0.5) is 5.69 Å². The number of carbonyl (C=O) groups excluding carboxylic acids is 1. The molecule has 0 saturated carbocycles. The molecule has 0 unspecified atom stereocenters. The molecule has 2 rings (SSSR count). The van der Waals surface area contributed by atoms with Gasteiger partial charge in [0.25, 0.3) is 0 Å². The molecule has 1 aromatic carbocycles. The number of aromatic nitrogens is 3. The zero-order valence-corrected chi connectivity index (χ0v) is 11.0. The summed E-state index contributed by atoms with van der Waals surface area (Å²) in [5.41, 5.74) is 0.0527. The molecular weight excluding hydrogens is 284 g/mol. The number of hydrogen-bond acceptors (Lipinski definition) is 4. The number of anilines is 1. The lowest BCUT2D eigenvalue weighted by Crippen LogP contribution is -2.17. The van der Waals surface area contributed by atoms with Crippen molar-refractivity contribution in [3.05, 3.63) is 41.2 Å². The fraction of sp³-hybridized carbons (Fsp3) is 0.167. The molecule has 1 aromatic heterocycles. The Kier molecular flexibility index (Phi) is 4.31. The van der Waals surface area contributed by atoms with Crippen LogP contribution >= 0.6 is 11.6 Å². The first-order valence-corrected chi connectivity index (χ1v) is 6.11. The second-order valence-corrected chi connectivity index (χ2v) is 4.34. The number of nitrogens with zero attached hydrogens (tertiary/aromatic N) is 3. The predicted octanol–water partition coefficient (Wildman–Crippen LogP) is 1.66. The molecule has 2 N–H and O–H groups in total. The van der Waals surface area contributed by atoms with E-state index in [2.05, 4.69) is 15.6 Å². The first kappa shape index (κ1) is 14.0. The molecule has 0 atom stereocenters. The smallest absolute Gasteiger partial charge is 0.337 e. The quantitative estimate of drug-likeness (QED) is 0.874. The monoisotopic (exact) mass is 294 g/mol. The maximum atomic E-state index is 11.8. The van der Waals surface area contributed by atoms with E-state index in [1.54, 1.807) is 6.20 Å². The molecule has 0 fully saturated rings. The van der Waals surface area contributed by atoms with Gasteiger partial charge in [-0.2, -0.15) is 0 Å². The number of aromatic carboxylic acids is 1. The van der Waals surface area contributed by atoms with Crippen LogP contribution in [-0.2, 0) is 11.3 Å². The average molecular weight is 295 g/mol. The van der Waals surface area contributed by atoms with Crippen LogP contribution in [0.25, 0.3) is 0 Å². The zero-order valence-electron chi connectivity index (χ0n) is 10.3. The Balaban J connectivity index is 2.06. The fourth-order valence-electron chi connectivity index (χ4n) is 1.60. The SMILES string of the molecule is O=C(CCn1ccnn1)Nc1c(Cl)cccc1C(=O)O.